The van der Waals surface area contributed by atoms with Gasteiger partial charge in [0.1, 0.15) is 15.8 Å². The SMILES string of the molecule is O=C1C(Cl)=C(Cl)C(=N/C(=N/S(=O)(=O)c2ccc(Br)cc2)c2ccc(Cl)cc2)C(Cl)=C1Cl. The highest BCUT2D eigenvalue weighted by atomic mass is 79.9. The molecule has 2 aromatic carbocycles. The maximum absolute atomic E-state index is 12.9. The summed E-state index contributed by atoms with van der Waals surface area (Å²) in [5, 5.41) is -0.966. The summed E-state index contributed by atoms with van der Waals surface area (Å²) in [4.78, 5) is 16.1. The van der Waals surface area contributed by atoms with Gasteiger partial charge in [-0.2, -0.15) is 8.42 Å². The number of benzene rings is 2. The van der Waals surface area contributed by atoms with Crippen molar-refractivity contribution in [3.63, 3.8) is 0 Å². The second-order valence-electron chi connectivity index (χ2n) is 5.90. The van der Waals surface area contributed by atoms with Crippen molar-refractivity contribution in [2.24, 2.45) is 9.39 Å². The smallest absolute Gasteiger partial charge is 0.284 e. The van der Waals surface area contributed by atoms with Crippen LogP contribution in [0.1, 0.15) is 5.56 Å². The quantitative estimate of drug-likeness (QED) is 0.225. The van der Waals surface area contributed by atoms with E-state index < -0.39 is 25.9 Å². The molecule has 0 amide bonds. The van der Waals surface area contributed by atoms with Crippen molar-refractivity contribution in [2.75, 3.05) is 0 Å². The molecular formula is C19H8BrCl5N2O3S. The van der Waals surface area contributed by atoms with Gasteiger partial charge in [-0.15, -0.1) is 4.40 Å². The van der Waals surface area contributed by atoms with Crippen LogP contribution in [0, 0.1) is 0 Å². The number of ketones is 1. The monoisotopic (exact) mass is 598 g/mol. The van der Waals surface area contributed by atoms with E-state index in [0.29, 0.717) is 9.50 Å². The molecule has 3 rings (SSSR count). The predicted molar refractivity (Wildman–Crippen MR) is 129 cm³/mol. The van der Waals surface area contributed by atoms with Gasteiger partial charge in [0.05, 0.1) is 15.0 Å². The molecule has 0 saturated heterocycles. The normalized spacial score (nSPS) is 15.6. The van der Waals surface area contributed by atoms with Crippen LogP contribution in [0.4, 0.5) is 0 Å². The molecule has 0 N–H and O–H groups in total. The van der Waals surface area contributed by atoms with Crippen molar-refractivity contribution in [1.29, 1.82) is 0 Å². The zero-order valence-corrected chi connectivity index (χ0v) is 21.1. The molecule has 0 radical (unpaired) electrons. The number of hydrogen-bond donors (Lipinski definition) is 0. The largest absolute Gasteiger partial charge is 0.286 e. The minimum absolute atomic E-state index is 0.0690. The second-order valence-corrected chi connectivity index (χ2v) is 10.4. The molecule has 0 atom stereocenters. The lowest BCUT2D eigenvalue weighted by atomic mass is 10.1. The third-order valence-corrected chi connectivity index (χ3v) is 7.55. The molecule has 0 saturated carbocycles. The summed E-state index contributed by atoms with van der Waals surface area (Å²) in [5.74, 6) is -1.04. The molecule has 31 heavy (non-hydrogen) atoms. The number of rotatable bonds is 3. The number of nitrogens with zero attached hydrogens (tertiary/aromatic N) is 2. The number of halogens is 6. The van der Waals surface area contributed by atoms with Crippen LogP contribution in [-0.2, 0) is 14.8 Å². The summed E-state index contributed by atoms with van der Waals surface area (Å²) >= 11 is 33.3. The number of carbonyl (C=O) groups is 1. The van der Waals surface area contributed by atoms with Crippen LogP contribution in [0.5, 0.6) is 0 Å². The molecule has 0 spiro atoms. The fourth-order valence-electron chi connectivity index (χ4n) is 2.31. The average molecular weight is 602 g/mol. The minimum Gasteiger partial charge on any atom is -0.286 e. The first-order chi connectivity index (χ1) is 14.5. The topological polar surface area (TPSA) is 75.9 Å². The molecule has 12 heteroatoms. The van der Waals surface area contributed by atoms with E-state index in [4.69, 9.17) is 58.0 Å². The Labute approximate surface area is 211 Å². The van der Waals surface area contributed by atoms with E-state index in [1.165, 1.54) is 36.4 Å². The lowest BCUT2D eigenvalue weighted by Crippen LogP contribution is -2.17. The third kappa shape index (κ3) is 5.42. The van der Waals surface area contributed by atoms with E-state index in [0.717, 1.165) is 0 Å². The van der Waals surface area contributed by atoms with E-state index in [1.807, 2.05) is 0 Å². The lowest BCUT2D eigenvalue weighted by Gasteiger charge is -2.14. The van der Waals surface area contributed by atoms with Gasteiger partial charge in [-0.1, -0.05) is 73.9 Å². The van der Waals surface area contributed by atoms with Gasteiger partial charge in [0.25, 0.3) is 10.0 Å². The van der Waals surface area contributed by atoms with E-state index in [9.17, 15) is 13.2 Å². The van der Waals surface area contributed by atoms with Gasteiger partial charge in [0.2, 0.25) is 5.78 Å². The van der Waals surface area contributed by atoms with Crippen LogP contribution in [0.3, 0.4) is 0 Å². The Hall–Kier alpha value is -1.19. The molecule has 1 aliphatic carbocycles. The number of hydrogen-bond acceptors (Lipinski definition) is 3. The van der Waals surface area contributed by atoms with Crippen molar-refractivity contribution in [3.8, 4) is 0 Å². The molecule has 0 unspecified atom stereocenters. The van der Waals surface area contributed by atoms with Gasteiger partial charge < -0.3 is 0 Å². The van der Waals surface area contributed by atoms with E-state index in [2.05, 4.69) is 25.3 Å². The van der Waals surface area contributed by atoms with Crippen LogP contribution in [0.15, 0.2) is 87.4 Å². The number of carbonyl (C=O) groups excluding carboxylic acids is 1. The maximum atomic E-state index is 12.9. The zero-order valence-electron chi connectivity index (χ0n) is 14.9. The van der Waals surface area contributed by atoms with Crippen LogP contribution < -0.4 is 0 Å². The van der Waals surface area contributed by atoms with Gasteiger partial charge >= 0.3 is 0 Å². The molecule has 1 aliphatic rings. The summed E-state index contributed by atoms with van der Waals surface area (Å²) < 4.78 is 30.3. The number of Topliss-reactive ketones (excluding diaryl/α,β-unsaturated/α-hetero) is 1. The van der Waals surface area contributed by atoms with Crippen LogP contribution >= 0.6 is 73.9 Å². The average Bonchev–Trinajstić information content (AvgIpc) is 2.74. The van der Waals surface area contributed by atoms with Crippen molar-refractivity contribution in [2.45, 2.75) is 4.90 Å². The number of amidine groups is 1. The Morgan fingerprint density at radius 1 is 0.774 bits per heavy atom. The molecule has 2 aromatic rings. The van der Waals surface area contributed by atoms with Crippen LogP contribution in [-0.4, -0.2) is 25.7 Å². The Kier molecular flexibility index (Phi) is 7.69. The van der Waals surface area contributed by atoms with E-state index in [-0.39, 0.29) is 32.1 Å². The van der Waals surface area contributed by atoms with Crippen molar-refractivity contribution >= 4 is 101 Å². The van der Waals surface area contributed by atoms with Crippen molar-refractivity contribution in [1.82, 2.24) is 0 Å². The summed E-state index contributed by atoms with van der Waals surface area (Å²) in [6, 6.07) is 11.9. The lowest BCUT2D eigenvalue weighted by molar-refractivity contribution is -0.111. The molecule has 0 fully saturated rings. The highest BCUT2D eigenvalue weighted by Crippen LogP contribution is 2.34. The number of allylic oxidation sites excluding steroid dienone is 4. The minimum atomic E-state index is -4.18. The molecule has 160 valence electrons. The fraction of sp³-hybridized carbons (Fsp3) is 0. The van der Waals surface area contributed by atoms with E-state index in [1.54, 1.807) is 12.1 Å². The first kappa shape index (κ1) is 24.5. The Bertz CT molecular complexity index is 1270. The Morgan fingerprint density at radius 3 is 1.81 bits per heavy atom. The zero-order chi connectivity index (χ0) is 22.9. The molecule has 0 bridgehead atoms. The van der Waals surface area contributed by atoms with Gasteiger partial charge in [-0.25, -0.2) is 4.99 Å². The Balaban J connectivity index is 2.24. The third-order valence-electron chi connectivity index (χ3n) is 3.84. The summed E-state index contributed by atoms with van der Waals surface area (Å²) in [7, 11) is -4.18. The van der Waals surface area contributed by atoms with E-state index >= 15 is 0 Å². The molecular weight excluding hydrogens is 593 g/mol. The van der Waals surface area contributed by atoms with Gasteiger partial charge in [0.15, 0.2) is 5.84 Å². The first-order valence-corrected chi connectivity index (χ1v) is 12.2. The molecule has 0 aromatic heterocycles. The van der Waals surface area contributed by atoms with Gasteiger partial charge in [-0.3, -0.25) is 4.79 Å². The van der Waals surface area contributed by atoms with Crippen LogP contribution in [0.25, 0.3) is 0 Å². The number of aliphatic imine (C=N–C) groups is 1. The van der Waals surface area contributed by atoms with Gasteiger partial charge in [-0.05, 0) is 48.5 Å². The highest BCUT2D eigenvalue weighted by Gasteiger charge is 2.30. The van der Waals surface area contributed by atoms with Crippen molar-refractivity contribution < 1.29 is 13.2 Å². The summed E-state index contributed by atoms with van der Waals surface area (Å²) in [5.41, 5.74) is 0.0910. The summed E-state index contributed by atoms with van der Waals surface area (Å²) in [6.07, 6.45) is 0. The first-order valence-electron chi connectivity index (χ1n) is 8.12. The summed E-state index contributed by atoms with van der Waals surface area (Å²) in [6.45, 7) is 0. The maximum Gasteiger partial charge on any atom is 0.284 e. The van der Waals surface area contributed by atoms with Crippen LogP contribution in [0.2, 0.25) is 5.02 Å². The molecule has 5 nitrogen and oxygen atoms in total. The number of sulfonamides is 1. The molecule has 0 heterocycles. The molecule has 0 aliphatic heterocycles. The fourth-order valence-corrected chi connectivity index (χ4v) is 4.57. The standard InChI is InChI=1S/C19H8BrCl5N2O3S/c20-10-3-7-12(8-4-10)31(29,30)27-19(9-1-5-11(21)6-2-9)26-17-13(22)15(24)18(28)16(25)14(17)23/h1-8H/b27-19+. The van der Waals surface area contributed by atoms with Gasteiger partial charge in [0, 0.05) is 15.1 Å². The second kappa shape index (κ2) is 9.75. The Morgan fingerprint density at radius 2 is 1.29 bits per heavy atom. The van der Waals surface area contributed by atoms with Crippen molar-refractivity contribution in [3.05, 3.63) is 83.7 Å². The predicted octanol–water partition coefficient (Wildman–Crippen LogP) is 6.64. The highest BCUT2D eigenvalue weighted by molar-refractivity contribution is 9.10.